The van der Waals surface area contributed by atoms with Gasteiger partial charge >= 0.3 is 0 Å². The molecule has 0 unspecified atom stereocenters. The molecule has 4 aromatic rings. The Morgan fingerprint density at radius 1 is 1.10 bits per heavy atom. The number of phenols is 1. The zero-order chi connectivity index (χ0) is 27.8. The Morgan fingerprint density at radius 2 is 1.82 bits per heavy atom. The maximum absolute atomic E-state index is 12.5. The molecule has 0 saturated heterocycles. The molecule has 4 rings (SSSR count). The Morgan fingerprint density at radius 3 is 2.44 bits per heavy atom. The summed E-state index contributed by atoms with van der Waals surface area (Å²) < 4.78 is 16.2. The van der Waals surface area contributed by atoms with Crippen molar-refractivity contribution in [3.63, 3.8) is 0 Å². The van der Waals surface area contributed by atoms with Gasteiger partial charge in [0, 0.05) is 29.2 Å². The Labute approximate surface area is 232 Å². The summed E-state index contributed by atoms with van der Waals surface area (Å²) in [7, 11) is 1.63. The van der Waals surface area contributed by atoms with E-state index in [2.05, 4.69) is 29.0 Å². The Hall–Kier alpha value is -4.56. The van der Waals surface area contributed by atoms with E-state index in [1.54, 1.807) is 25.3 Å². The maximum atomic E-state index is 12.5. The monoisotopic (exact) mass is 547 g/mol. The van der Waals surface area contributed by atoms with Crippen LogP contribution in [0.15, 0.2) is 84.0 Å². The molecular formula is C30H30ClN3O5. The minimum atomic E-state index is -0.511. The summed E-state index contributed by atoms with van der Waals surface area (Å²) in [6.07, 6.45) is 2.94. The highest BCUT2D eigenvalue weighted by molar-refractivity contribution is 6.34. The topological polar surface area (TPSA) is 96.2 Å². The van der Waals surface area contributed by atoms with Gasteiger partial charge in [-0.1, -0.05) is 24.3 Å². The van der Waals surface area contributed by atoms with Crippen LogP contribution in [0, 0.1) is 0 Å². The van der Waals surface area contributed by atoms with Gasteiger partial charge in [0.1, 0.15) is 18.1 Å². The third kappa shape index (κ3) is 6.66. The maximum Gasteiger partial charge on any atom is 0.291 e. The standard InChI is InChI=1S/C30H30ClN3O5/c1-4-24-25(19-26(29(35)28(24)31)33-30(36)27-7-6-17-39-27)32-20-8-10-21(11-9-20)34(5-2)16-18-38-23-14-12-22(37-3)13-15-23/h4,6-15,17,19,32,35H,1,5,16,18H2,2-3H3,(H,33,36). The fraction of sp³-hybridized carbons (Fsp3) is 0.167. The number of rotatable bonds is 12. The second-order valence-electron chi connectivity index (χ2n) is 8.46. The molecular weight excluding hydrogens is 518 g/mol. The summed E-state index contributed by atoms with van der Waals surface area (Å²) >= 11 is 6.41. The molecule has 1 aromatic heterocycles. The number of benzene rings is 3. The minimum absolute atomic E-state index is 0.0652. The number of anilines is 4. The number of amides is 1. The highest BCUT2D eigenvalue weighted by Gasteiger charge is 2.18. The van der Waals surface area contributed by atoms with Gasteiger partial charge in [0.05, 0.1) is 30.6 Å². The van der Waals surface area contributed by atoms with Crippen molar-refractivity contribution in [3.8, 4) is 17.2 Å². The molecule has 9 heteroatoms. The van der Waals surface area contributed by atoms with Crippen molar-refractivity contribution in [2.75, 3.05) is 42.3 Å². The van der Waals surface area contributed by atoms with Gasteiger partial charge < -0.3 is 34.5 Å². The number of hydrogen-bond donors (Lipinski definition) is 3. The van der Waals surface area contributed by atoms with Crippen LogP contribution in [0.4, 0.5) is 22.7 Å². The number of likely N-dealkylation sites (N-methyl/N-ethyl adjacent to an activating group) is 1. The predicted molar refractivity (Wildman–Crippen MR) is 156 cm³/mol. The third-order valence-corrected chi connectivity index (χ3v) is 6.44. The molecule has 0 aliphatic rings. The number of halogens is 1. The van der Waals surface area contributed by atoms with Crippen LogP contribution in [0.2, 0.25) is 5.02 Å². The van der Waals surface area contributed by atoms with Gasteiger partial charge in [-0.05, 0) is 73.7 Å². The van der Waals surface area contributed by atoms with Crippen LogP contribution in [-0.2, 0) is 0 Å². The van der Waals surface area contributed by atoms with Crippen molar-refractivity contribution in [2.24, 2.45) is 0 Å². The van der Waals surface area contributed by atoms with E-state index in [0.717, 1.165) is 29.4 Å². The fourth-order valence-corrected chi connectivity index (χ4v) is 4.25. The lowest BCUT2D eigenvalue weighted by atomic mass is 10.1. The Bertz CT molecular complexity index is 1400. The van der Waals surface area contributed by atoms with Crippen LogP contribution in [0.3, 0.4) is 0 Å². The van der Waals surface area contributed by atoms with Crippen molar-refractivity contribution < 1.29 is 23.8 Å². The van der Waals surface area contributed by atoms with Crippen molar-refractivity contribution in [1.82, 2.24) is 0 Å². The molecule has 0 radical (unpaired) electrons. The second-order valence-corrected chi connectivity index (χ2v) is 8.84. The smallest absolute Gasteiger partial charge is 0.291 e. The first-order chi connectivity index (χ1) is 18.9. The van der Waals surface area contributed by atoms with Gasteiger partial charge in [0.2, 0.25) is 0 Å². The normalized spacial score (nSPS) is 10.5. The SMILES string of the molecule is C=Cc1c(Nc2ccc(N(CC)CCOc3ccc(OC)cc3)cc2)cc(NC(=O)c2ccco2)c(O)c1Cl. The average Bonchev–Trinajstić information content (AvgIpc) is 3.50. The lowest BCUT2D eigenvalue weighted by Gasteiger charge is -2.23. The van der Waals surface area contributed by atoms with E-state index in [-0.39, 0.29) is 22.2 Å². The number of nitrogens with zero attached hydrogens (tertiary/aromatic N) is 1. The van der Waals surface area contributed by atoms with E-state index in [9.17, 15) is 9.90 Å². The Balaban J connectivity index is 1.44. The van der Waals surface area contributed by atoms with Gasteiger partial charge in [-0.3, -0.25) is 4.79 Å². The molecule has 0 aliphatic heterocycles. The molecule has 0 atom stereocenters. The van der Waals surface area contributed by atoms with Gasteiger partial charge in [-0.25, -0.2) is 0 Å². The van der Waals surface area contributed by atoms with E-state index >= 15 is 0 Å². The summed E-state index contributed by atoms with van der Waals surface area (Å²) in [5, 5.41) is 16.6. The number of ether oxygens (including phenoxy) is 2. The fourth-order valence-electron chi connectivity index (χ4n) is 3.97. The molecule has 1 heterocycles. The van der Waals surface area contributed by atoms with Crippen molar-refractivity contribution in [1.29, 1.82) is 0 Å². The first kappa shape index (κ1) is 27.5. The van der Waals surface area contributed by atoms with E-state index in [0.29, 0.717) is 24.4 Å². The van der Waals surface area contributed by atoms with Crippen LogP contribution in [-0.4, -0.2) is 37.8 Å². The zero-order valence-electron chi connectivity index (χ0n) is 21.7. The second kappa shape index (κ2) is 12.8. The van der Waals surface area contributed by atoms with Crippen LogP contribution in [0.1, 0.15) is 23.0 Å². The lowest BCUT2D eigenvalue weighted by molar-refractivity contribution is 0.0996. The molecule has 0 aliphatic carbocycles. The third-order valence-electron chi connectivity index (χ3n) is 6.06. The first-order valence-electron chi connectivity index (χ1n) is 12.3. The van der Waals surface area contributed by atoms with Gasteiger partial charge in [-0.2, -0.15) is 0 Å². The van der Waals surface area contributed by atoms with Crippen LogP contribution < -0.4 is 25.0 Å². The molecule has 0 fully saturated rings. The summed E-state index contributed by atoms with van der Waals surface area (Å²) in [4.78, 5) is 14.7. The molecule has 0 bridgehead atoms. The molecule has 202 valence electrons. The molecule has 3 aromatic carbocycles. The minimum Gasteiger partial charge on any atom is -0.504 e. The number of nitrogens with one attached hydrogen (secondary N) is 2. The van der Waals surface area contributed by atoms with Crippen molar-refractivity contribution in [3.05, 3.63) is 95.9 Å². The quantitative estimate of drug-likeness (QED) is 0.127. The number of methoxy groups -OCH3 is 1. The van der Waals surface area contributed by atoms with Crippen LogP contribution >= 0.6 is 11.6 Å². The van der Waals surface area contributed by atoms with Gasteiger partial charge in [0.25, 0.3) is 5.91 Å². The predicted octanol–water partition coefficient (Wildman–Crippen LogP) is 7.19. The molecule has 8 nitrogen and oxygen atoms in total. The molecule has 1 amide bonds. The largest absolute Gasteiger partial charge is 0.504 e. The Kier molecular flexibility index (Phi) is 9.01. The number of furan rings is 1. The summed E-state index contributed by atoms with van der Waals surface area (Å²) in [5.41, 5.74) is 3.04. The van der Waals surface area contributed by atoms with Crippen molar-refractivity contribution >= 4 is 46.3 Å². The van der Waals surface area contributed by atoms with E-state index in [1.165, 1.54) is 12.3 Å². The summed E-state index contributed by atoms with van der Waals surface area (Å²) in [5.74, 6) is 0.914. The average molecular weight is 548 g/mol. The molecule has 0 spiro atoms. The highest BCUT2D eigenvalue weighted by atomic mass is 35.5. The number of aromatic hydroxyl groups is 1. The molecule has 39 heavy (non-hydrogen) atoms. The highest BCUT2D eigenvalue weighted by Crippen LogP contribution is 2.41. The molecule has 0 saturated carbocycles. The van der Waals surface area contributed by atoms with Gasteiger partial charge in [0.15, 0.2) is 11.5 Å². The number of carbonyl (C=O) groups excluding carboxylic acids is 1. The molecule has 3 N–H and O–H groups in total. The van der Waals surface area contributed by atoms with E-state index in [1.807, 2.05) is 48.5 Å². The van der Waals surface area contributed by atoms with Gasteiger partial charge in [-0.15, -0.1) is 0 Å². The van der Waals surface area contributed by atoms with Crippen LogP contribution in [0.25, 0.3) is 6.08 Å². The lowest BCUT2D eigenvalue weighted by Crippen LogP contribution is -2.28. The van der Waals surface area contributed by atoms with E-state index < -0.39 is 5.91 Å². The summed E-state index contributed by atoms with van der Waals surface area (Å²) in [6, 6.07) is 20.1. The number of phenolic OH excluding ortho intramolecular Hbond substituents is 1. The van der Waals surface area contributed by atoms with Crippen LogP contribution in [0.5, 0.6) is 17.2 Å². The van der Waals surface area contributed by atoms with Crippen molar-refractivity contribution in [2.45, 2.75) is 6.92 Å². The number of hydrogen-bond acceptors (Lipinski definition) is 7. The first-order valence-corrected chi connectivity index (χ1v) is 12.7. The summed E-state index contributed by atoms with van der Waals surface area (Å²) in [6.45, 7) is 7.95. The zero-order valence-corrected chi connectivity index (χ0v) is 22.5. The van der Waals surface area contributed by atoms with E-state index in [4.69, 9.17) is 25.5 Å². The number of carbonyl (C=O) groups is 1.